The molecule has 2 rings (SSSR count). The number of nitrogens with zero attached hydrogens (tertiary/aromatic N) is 1. The van der Waals surface area contributed by atoms with Crippen molar-refractivity contribution in [3.05, 3.63) is 23.8 Å². The zero-order chi connectivity index (χ0) is 20.9. The Labute approximate surface area is 163 Å². The van der Waals surface area contributed by atoms with Gasteiger partial charge >= 0.3 is 6.18 Å². The van der Waals surface area contributed by atoms with Crippen molar-refractivity contribution in [2.75, 3.05) is 43.4 Å². The van der Waals surface area contributed by atoms with Crippen LogP contribution in [0.1, 0.15) is 32.3 Å². The van der Waals surface area contributed by atoms with Crippen molar-refractivity contribution in [2.24, 2.45) is 0 Å². The first-order chi connectivity index (χ1) is 13.1. The summed E-state index contributed by atoms with van der Waals surface area (Å²) in [5.74, 6) is -0.619. The van der Waals surface area contributed by atoms with Gasteiger partial charge in [0.1, 0.15) is 0 Å². The van der Waals surface area contributed by atoms with Gasteiger partial charge < -0.3 is 20.4 Å². The molecule has 0 spiro atoms. The van der Waals surface area contributed by atoms with Crippen LogP contribution in [0.2, 0.25) is 0 Å². The molecule has 0 aliphatic carbocycles. The zero-order valence-corrected chi connectivity index (χ0v) is 16.4. The number of anilines is 2. The molecule has 1 aromatic carbocycles. The standard InChI is InChI=1S/C19H27F3N4O2/c1-13(2)23-17(27)11-25(3)12-18(28)24-15-10-14(19(20,21)22)6-7-16(15)26-8-4-5-9-26/h6-7,10,13H,4-5,8-9,11-12H2,1-3H3,(H,23,27)(H,24,28)/p+1. The topological polar surface area (TPSA) is 65.9 Å². The molecule has 1 aliphatic heterocycles. The molecule has 0 bridgehead atoms. The molecule has 1 saturated heterocycles. The maximum absolute atomic E-state index is 13.1. The summed E-state index contributed by atoms with van der Waals surface area (Å²) in [6.07, 6.45) is -2.56. The maximum Gasteiger partial charge on any atom is 0.416 e. The largest absolute Gasteiger partial charge is 0.416 e. The van der Waals surface area contributed by atoms with Crippen molar-refractivity contribution >= 4 is 23.2 Å². The van der Waals surface area contributed by atoms with Crippen molar-refractivity contribution < 1.29 is 27.7 Å². The number of nitrogens with one attached hydrogen (secondary N) is 3. The molecule has 3 N–H and O–H groups in total. The van der Waals surface area contributed by atoms with Crippen molar-refractivity contribution in [3.8, 4) is 0 Å². The lowest BCUT2D eigenvalue weighted by atomic mass is 10.1. The molecule has 0 radical (unpaired) electrons. The number of likely N-dealkylation sites (N-methyl/N-ethyl adjacent to an activating group) is 1. The molecular weight excluding hydrogens is 373 g/mol. The summed E-state index contributed by atoms with van der Waals surface area (Å²) >= 11 is 0. The number of hydrogen-bond acceptors (Lipinski definition) is 3. The highest BCUT2D eigenvalue weighted by Crippen LogP contribution is 2.36. The monoisotopic (exact) mass is 401 g/mol. The van der Waals surface area contributed by atoms with E-state index in [2.05, 4.69) is 10.6 Å². The van der Waals surface area contributed by atoms with E-state index >= 15 is 0 Å². The summed E-state index contributed by atoms with van der Waals surface area (Å²) in [6, 6.07) is 3.43. The second kappa shape index (κ2) is 9.27. The smallest absolute Gasteiger partial charge is 0.370 e. The van der Waals surface area contributed by atoms with E-state index in [4.69, 9.17) is 0 Å². The number of carbonyl (C=O) groups excluding carboxylic acids is 2. The van der Waals surface area contributed by atoms with Gasteiger partial charge in [0.2, 0.25) is 0 Å². The van der Waals surface area contributed by atoms with Gasteiger partial charge in [0.15, 0.2) is 13.1 Å². The summed E-state index contributed by atoms with van der Waals surface area (Å²) in [5.41, 5.74) is -0.0574. The zero-order valence-electron chi connectivity index (χ0n) is 16.4. The van der Waals surface area contributed by atoms with Crippen LogP contribution in [-0.2, 0) is 15.8 Å². The number of hydrogen-bond donors (Lipinski definition) is 3. The van der Waals surface area contributed by atoms with Crippen LogP contribution in [-0.4, -0.2) is 51.1 Å². The van der Waals surface area contributed by atoms with Crippen LogP contribution in [0.4, 0.5) is 24.5 Å². The first-order valence-corrected chi connectivity index (χ1v) is 9.43. The van der Waals surface area contributed by atoms with Gasteiger partial charge in [0, 0.05) is 19.1 Å². The fourth-order valence-electron chi connectivity index (χ4n) is 3.22. The van der Waals surface area contributed by atoms with Gasteiger partial charge in [0.25, 0.3) is 11.8 Å². The number of amides is 2. The Morgan fingerprint density at radius 1 is 1.14 bits per heavy atom. The van der Waals surface area contributed by atoms with Crippen LogP contribution in [0.5, 0.6) is 0 Å². The van der Waals surface area contributed by atoms with Crippen LogP contribution < -0.4 is 20.4 Å². The molecule has 0 saturated carbocycles. The molecule has 1 heterocycles. The van der Waals surface area contributed by atoms with Crippen LogP contribution >= 0.6 is 0 Å². The third-order valence-corrected chi connectivity index (χ3v) is 4.42. The highest BCUT2D eigenvalue weighted by Gasteiger charge is 2.32. The fourth-order valence-corrected chi connectivity index (χ4v) is 3.22. The first-order valence-electron chi connectivity index (χ1n) is 9.43. The van der Waals surface area contributed by atoms with Crippen molar-refractivity contribution in [2.45, 2.75) is 38.9 Å². The molecule has 28 heavy (non-hydrogen) atoms. The normalized spacial score (nSPS) is 15.6. The average molecular weight is 401 g/mol. The number of rotatable bonds is 7. The van der Waals surface area contributed by atoms with Gasteiger partial charge in [-0.2, -0.15) is 13.2 Å². The van der Waals surface area contributed by atoms with Gasteiger partial charge in [-0.15, -0.1) is 0 Å². The quantitative estimate of drug-likeness (QED) is 0.645. The Morgan fingerprint density at radius 2 is 1.75 bits per heavy atom. The molecule has 9 heteroatoms. The van der Waals surface area contributed by atoms with Crippen LogP contribution in [0.3, 0.4) is 0 Å². The van der Waals surface area contributed by atoms with E-state index in [-0.39, 0.29) is 30.7 Å². The predicted octanol–water partition coefficient (Wildman–Crippen LogP) is 1.28. The van der Waals surface area contributed by atoms with E-state index in [0.717, 1.165) is 38.1 Å². The third-order valence-electron chi connectivity index (χ3n) is 4.42. The molecule has 1 aliphatic rings. The summed E-state index contributed by atoms with van der Waals surface area (Å²) in [4.78, 5) is 26.8. The van der Waals surface area contributed by atoms with E-state index in [1.807, 2.05) is 18.7 Å². The molecular formula is C19H28F3N4O2+. The molecule has 1 unspecified atom stereocenters. The number of quaternary nitrogens is 1. The van der Waals surface area contributed by atoms with Gasteiger partial charge in [0.05, 0.1) is 24.0 Å². The van der Waals surface area contributed by atoms with E-state index in [9.17, 15) is 22.8 Å². The SMILES string of the molecule is CC(C)NC(=O)C[NH+](C)CC(=O)Nc1cc(C(F)(F)F)ccc1N1CCCC1. The Hall–Kier alpha value is -2.29. The van der Waals surface area contributed by atoms with E-state index in [1.165, 1.54) is 6.07 Å². The summed E-state index contributed by atoms with van der Waals surface area (Å²) < 4.78 is 39.3. The maximum atomic E-state index is 13.1. The summed E-state index contributed by atoms with van der Waals surface area (Å²) in [5, 5.41) is 5.36. The molecule has 6 nitrogen and oxygen atoms in total. The predicted molar refractivity (Wildman–Crippen MR) is 101 cm³/mol. The van der Waals surface area contributed by atoms with Crippen LogP contribution in [0.25, 0.3) is 0 Å². The lowest BCUT2D eigenvalue weighted by Crippen LogP contribution is -3.11. The first kappa shape index (κ1) is 22.0. The van der Waals surface area contributed by atoms with Crippen molar-refractivity contribution in [3.63, 3.8) is 0 Å². The Morgan fingerprint density at radius 3 is 2.32 bits per heavy atom. The number of alkyl halides is 3. The molecule has 156 valence electrons. The number of carbonyl (C=O) groups is 2. The highest BCUT2D eigenvalue weighted by molar-refractivity contribution is 5.95. The number of halogens is 3. The van der Waals surface area contributed by atoms with Crippen LogP contribution in [0.15, 0.2) is 18.2 Å². The molecule has 1 aromatic rings. The Bertz CT molecular complexity index is 701. The highest BCUT2D eigenvalue weighted by atomic mass is 19.4. The molecule has 1 fully saturated rings. The summed E-state index contributed by atoms with van der Waals surface area (Å²) in [6.45, 7) is 5.25. The Kier molecular flexibility index (Phi) is 7.29. The van der Waals surface area contributed by atoms with E-state index in [0.29, 0.717) is 10.6 Å². The summed E-state index contributed by atoms with van der Waals surface area (Å²) in [7, 11) is 1.69. The number of benzene rings is 1. The Balaban J connectivity index is 2.09. The van der Waals surface area contributed by atoms with Crippen molar-refractivity contribution in [1.82, 2.24) is 5.32 Å². The van der Waals surface area contributed by atoms with E-state index in [1.54, 1.807) is 7.05 Å². The second-order valence-electron chi connectivity index (χ2n) is 7.50. The minimum absolute atomic E-state index is 0.00209. The van der Waals surface area contributed by atoms with Gasteiger partial charge in [-0.25, -0.2) is 0 Å². The molecule has 1 atom stereocenters. The lowest BCUT2D eigenvalue weighted by molar-refractivity contribution is -0.862. The fraction of sp³-hybridized carbons (Fsp3) is 0.579. The van der Waals surface area contributed by atoms with Gasteiger partial charge in [-0.1, -0.05) is 0 Å². The minimum atomic E-state index is -4.49. The van der Waals surface area contributed by atoms with Gasteiger partial charge in [-0.05, 0) is 44.9 Å². The third kappa shape index (κ3) is 6.40. The minimum Gasteiger partial charge on any atom is -0.370 e. The average Bonchev–Trinajstić information content (AvgIpc) is 3.06. The van der Waals surface area contributed by atoms with Gasteiger partial charge in [-0.3, -0.25) is 9.59 Å². The van der Waals surface area contributed by atoms with E-state index < -0.39 is 17.6 Å². The lowest BCUT2D eigenvalue weighted by Gasteiger charge is -2.23. The second-order valence-corrected chi connectivity index (χ2v) is 7.50. The van der Waals surface area contributed by atoms with Crippen molar-refractivity contribution in [1.29, 1.82) is 0 Å². The molecule has 2 amide bonds. The molecule has 0 aromatic heterocycles. The van der Waals surface area contributed by atoms with Crippen LogP contribution in [0, 0.1) is 0 Å².